The van der Waals surface area contributed by atoms with E-state index in [1.807, 2.05) is 11.9 Å². The number of amides is 1. The molecule has 1 saturated carbocycles. The van der Waals surface area contributed by atoms with Gasteiger partial charge in [-0.1, -0.05) is 13.3 Å². The second-order valence-electron chi connectivity index (χ2n) is 6.02. The van der Waals surface area contributed by atoms with Crippen molar-refractivity contribution in [1.29, 1.82) is 0 Å². The third-order valence-electron chi connectivity index (χ3n) is 4.38. The normalized spacial score (nSPS) is 25.1. The van der Waals surface area contributed by atoms with Crippen molar-refractivity contribution in [3.8, 4) is 0 Å². The van der Waals surface area contributed by atoms with Crippen LogP contribution in [0.1, 0.15) is 51.9 Å². The molecule has 3 atom stereocenters. The fourth-order valence-electron chi connectivity index (χ4n) is 3.02. The lowest BCUT2D eigenvalue weighted by Crippen LogP contribution is -2.39. The lowest BCUT2D eigenvalue weighted by molar-refractivity contribution is -0.135. The number of aliphatic hydroxyl groups is 1. The highest BCUT2D eigenvalue weighted by atomic mass is 16.2. The van der Waals surface area contributed by atoms with Crippen molar-refractivity contribution < 1.29 is 9.90 Å². The smallest absolute Gasteiger partial charge is 0.225 e. The molecule has 1 aliphatic rings. The molecule has 0 radical (unpaired) electrons. The van der Waals surface area contributed by atoms with Crippen LogP contribution in [0.15, 0.2) is 0 Å². The number of rotatable bonds is 7. The highest BCUT2D eigenvalue weighted by molar-refractivity contribution is 5.78. The van der Waals surface area contributed by atoms with Crippen molar-refractivity contribution >= 4 is 5.91 Å². The summed E-state index contributed by atoms with van der Waals surface area (Å²) in [5.74, 6) is 0.799. The Morgan fingerprint density at radius 2 is 2.11 bits per heavy atom. The standard InChI is InChI=1S/C15H30N2O2/c1-12(13-7-6-8-14(16)11-13)15(19)17(2)9-4-3-5-10-18/h12-14,18H,3-11,16H2,1-2H3. The second-order valence-corrected chi connectivity index (χ2v) is 6.02. The van der Waals surface area contributed by atoms with Crippen LogP contribution in [0.4, 0.5) is 0 Å². The van der Waals surface area contributed by atoms with Crippen LogP contribution >= 0.6 is 0 Å². The zero-order valence-corrected chi connectivity index (χ0v) is 12.5. The molecule has 19 heavy (non-hydrogen) atoms. The van der Waals surface area contributed by atoms with Gasteiger partial charge in [-0.2, -0.15) is 0 Å². The largest absolute Gasteiger partial charge is 0.396 e. The summed E-state index contributed by atoms with van der Waals surface area (Å²) < 4.78 is 0. The molecule has 4 heteroatoms. The second kappa shape index (κ2) is 8.54. The van der Waals surface area contributed by atoms with Gasteiger partial charge in [0.15, 0.2) is 0 Å². The molecule has 1 fully saturated rings. The van der Waals surface area contributed by atoms with Crippen molar-refractivity contribution in [3.05, 3.63) is 0 Å². The van der Waals surface area contributed by atoms with Crippen LogP contribution < -0.4 is 5.73 Å². The van der Waals surface area contributed by atoms with Crippen LogP contribution in [0.3, 0.4) is 0 Å². The van der Waals surface area contributed by atoms with Crippen LogP contribution in [-0.2, 0) is 4.79 Å². The molecule has 1 aliphatic carbocycles. The van der Waals surface area contributed by atoms with Gasteiger partial charge in [-0.15, -0.1) is 0 Å². The average molecular weight is 270 g/mol. The van der Waals surface area contributed by atoms with Crippen molar-refractivity contribution in [2.45, 2.75) is 57.9 Å². The Balaban J connectivity index is 2.33. The predicted octanol–water partition coefficient (Wildman–Crippen LogP) is 1.76. The van der Waals surface area contributed by atoms with Gasteiger partial charge >= 0.3 is 0 Å². The maximum absolute atomic E-state index is 12.3. The topological polar surface area (TPSA) is 66.6 Å². The van der Waals surface area contributed by atoms with Gasteiger partial charge in [-0.3, -0.25) is 4.79 Å². The summed E-state index contributed by atoms with van der Waals surface area (Å²) in [6.07, 6.45) is 7.17. The average Bonchev–Trinajstić information content (AvgIpc) is 2.41. The number of carbonyl (C=O) groups is 1. The van der Waals surface area contributed by atoms with Gasteiger partial charge in [0.25, 0.3) is 0 Å². The highest BCUT2D eigenvalue weighted by Crippen LogP contribution is 2.30. The zero-order valence-electron chi connectivity index (χ0n) is 12.5. The lowest BCUT2D eigenvalue weighted by atomic mass is 9.78. The molecule has 112 valence electrons. The Morgan fingerprint density at radius 1 is 1.37 bits per heavy atom. The Morgan fingerprint density at radius 3 is 2.74 bits per heavy atom. The first-order valence-corrected chi connectivity index (χ1v) is 7.67. The maximum Gasteiger partial charge on any atom is 0.225 e. The van der Waals surface area contributed by atoms with E-state index < -0.39 is 0 Å². The van der Waals surface area contributed by atoms with Crippen LogP contribution in [0.25, 0.3) is 0 Å². The molecule has 1 rings (SSSR count). The molecule has 0 heterocycles. The van der Waals surface area contributed by atoms with E-state index >= 15 is 0 Å². The molecule has 0 aromatic carbocycles. The molecule has 0 aromatic heterocycles. The number of hydrogen-bond donors (Lipinski definition) is 2. The molecule has 3 unspecified atom stereocenters. The molecule has 0 bridgehead atoms. The van der Waals surface area contributed by atoms with Gasteiger partial charge in [0.05, 0.1) is 0 Å². The third-order valence-corrected chi connectivity index (χ3v) is 4.38. The van der Waals surface area contributed by atoms with Crippen LogP contribution in [0, 0.1) is 11.8 Å². The van der Waals surface area contributed by atoms with E-state index in [4.69, 9.17) is 10.8 Å². The number of aliphatic hydroxyl groups excluding tert-OH is 1. The molecule has 4 nitrogen and oxygen atoms in total. The summed E-state index contributed by atoms with van der Waals surface area (Å²) in [7, 11) is 1.89. The van der Waals surface area contributed by atoms with E-state index in [1.165, 1.54) is 0 Å². The fraction of sp³-hybridized carbons (Fsp3) is 0.933. The number of hydrogen-bond acceptors (Lipinski definition) is 3. The minimum Gasteiger partial charge on any atom is -0.396 e. The van der Waals surface area contributed by atoms with Crippen LogP contribution in [0.5, 0.6) is 0 Å². The Labute approximate surface area is 117 Å². The quantitative estimate of drug-likeness (QED) is 0.693. The summed E-state index contributed by atoms with van der Waals surface area (Å²) in [4.78, 5) is 14.2. The van der Waals surface area contributed by atoms with E-state index in [0.29, 0.717) is 5.92 Å². The fourth-order valence-corrected chi connectivity index (χ4v) is 3.02. The number of unbranched alkanes of at least 4 members (excludes halogenated alkanes) is 2. The summed E-state index contributed by atoms with van der Waals surface area (Å²) >= 11 is 0. The monoisotopic (exact) mass is 270 g/mol. The molecule has 0 aromatic rings. The first-order chi connectivity index (χ1) is 9.06. The van der Waals surface area contributed by atoms with Gasteiger partial charge in [0.2, 0.25) is 5.91 Å². The van der Waals surface area contributed by atoms with Gasteiger partial charge in [0.1, 0.15) is 0 Å². The molecule has 0 aliphatic heterocycles. The van der Waals surface area contributed by atoms with Crippen molar-refractivity contribution in [2.24, 2.45) is 17.6 Å². The highest BCUT2D eigenvalue weighted by Gasteiger charge is 2.29. The maximum atomic E-state index is 12.3. The van der Waals surface area contributed by atoms with Gasteiger partial charge in [0, 0.05) is 32.2 Å². The number of carbonyl (C=O) groups excluding carboxylic acids is 1. The van der Waals surface area contributed by atoms with E-state index in [2.05, 4.69) is 6.92 Å². The van der Waals surface area contributed by atoms with Crippen molar-refractivity contribution in [3.63, 3.8) is 0 Å². The van der Waals surface area contributed by atoms with Gasteiger partial charge in [-0.25, -0.2) is 0 Å². The molecular formula is C15H30N2O2. The van der Waals surface area contributed by atoms with Gasteiger partial charge < -0.3 is 15.7 Å². The SMILES string of the molecule is CC(C(=O)N(C)CCCCCO)C1CCCC(N)C1. The minimum absolute atomic E-state index is 0.0918. The Kier molecular flexibility index (Phi) is 7.39. The molecular weight excluding hydrogens is 240 g/mol. The van der Waals surface area contributed by atoms with E-state index in [1.54, 1.807) is 0 Å². The number of nitrogens with zero attached hydrogens (tertiary/aromatic N) is 1. The zero-order chi connectivity index (χ0) is 14.3. The van der Waals surface area contributed by atoms with E-state index in [0.717, 1.165) is 51.5 Å². The molecule has 3 N–H and O–H groups in total. The van der Waals surface area contributed by atoms with Crippen molar-refractivity contribution in [2.75, 3.05) is 20.2 Å². The van der Waals surface area contributed by atoms with Crippen molar-refractivity contribution in [1.82, 2.24) is 4.90 Å². The van der Waals surface area contributed by atoms with Crippen LogP contribution in [-0.4, -0.2) is 42.2 Å². The summed E-state index contributed by atoms with van der Waals surface area (Å²) in [6, 6.07) is 0.281. The van der Waals surface area contributed by atoms with Gasteiger partial charge in [-0.05, 0) is 44.4 Å². The summed E-state index contributed by atoms with van der Waals surface area (Å²) in [5.41, 5.74) is 6.00. The Bertz CT molecular complexity index is 271. The van der Waals surface area contributed by atoms with E-state index in [9.17, 15) is 4.79 Å². The molecule has 0 saturated heterocycles. The minimum atomic E-state index is 0.0918. The first-order valence-electron chi connectivity index (χ1n) is 7.67. The van der Waals surface area contributed by atoms with E-state index in [-0.39, 0.29) is 24.5 Å². The van der Waals surface area contributed by atoms with Crippen LogP contribution in [0.2, 0.25) is 0 Å². The summed E-state index contributed by atoms with van der Waals surface area (Å²) in [6.45, 7) is 3.09. The lowest BCUT2D eigenvalue weighted by Gasteiger charge is -2.32. The first kappa shape index (κ1) is 16.4. The molecule has 1 amide bonds. The molecule has 0 spiro atoms. The number of nitrogens with two attached hydrogens (primary N) is 1. The predicted molar refractivity (Wildman–Crippen MR) is 77.7 cm³/mol. The summed E-state index contributed by atoms with van der Waals surface area (Å²) in [5, 5.41) is 8.73. The third kappa shape index (κ3) is 5.49. The Hall–Kier alpha value is -0.610.